The molecule has 0 spiro atoms. The predicted octanol–water partition coefficient (Wildman–Crippen LogP) is 7.90. The first-order valence-corrected chi connectivity index (χ1v) is 11.7. The number of ether oxygens (including phenoxy) is 2. The maximum atomic E-state index is 15.0. The predicted molar refractivity (Wildman–Crippen MR) is 124 cm³/mol. The van der Waals surface area contributed by atoms with E-state index in [0.717, 1.165) is 19.3 Å². The minimum absolute atomic E-state index is 0.0878. The van der Waals surface area contributed by atoms with Crippen LogP contribution in [0, 0.1) is 23.3 Å². The van der Waals surface area contributed by atoms with Gasteiger partial charge in [-0.1, -0.05) is 49.7 Å². The summed E-state index contributed by atoms with van der Waals surface area (Å²) in [5.41, 5.74) is 1.85. The Bertz CT molecular complexity index is 1140. The van der Waals surface area contributed by atoms with E-state index in [9.17, 15) is 13.2 Å². The van der Waals surface area contributed by atoms with Crippen molar-refractivity contribution < 1.29 is 27.0 Å². The topological polar surface area (TPSA) is 18.5 Å². The summed E-state index contributed by atoms with van der Waals surface area (Å²) < 4.78 is 69.7. The molecule has 1 fully saturated rings. The Labute approximate surface area is 197 Å². The molecule has 34 heavy (non-hydrogen) atoms. The standard InChI is InChI=1S/C28H28F4O2/c1-3-5-17-6-8-18(9-7-17)19-10-14-23(34-16-19)22-12-11-20(25(29)27(22)31)21-13-15-24(33-4-2)28(32)26(21)30/h6-9,11-13,15,19,23H,3-5,10,14,16H2,1-2H3. The zero-order valence-electron chi connectivity index (χ0n) is 19.3. The monoisotopic (exact) mass is 472 g/mol. The molecule has 2 unspecified atom stereocenters. The molecule has 0 aromatic heterocycles. The Balaban J connectivity index is 1.50. The Morgan fingerprint density at radius 1 is 0.794 bits per heavy atom. The molecule has 0 amide bonds. The first kappa shape index (κ1) is 24.3. The van der Waals surface area contributed by atoms with Gasteiger partial charge in [-0.15, -0.1) is 0 Å². The lowest BCUT2D eigenvalue weighted by Crippen LogP contribution is -2.20. The van der Waals surface area contributed by atoms with E-state index in [1.54, 1.807) is 6.92 Å². The van der Waals surface area contributed by atoms with Crippen LogP contribution >= 0.6 is 0 Å². The van der Waals surface area contributed by atoms with Crippen molar-refractivity contribution in [3.05, 3.63) is 88.5 Å². The summed E-state index contributed by atoms with van der Waals surface area (Å²) in [6.45, 7) is 4.33. The summed E-state index contributed by atoms with van der Waals surface area (Å²) in [6.07, 6.45) is 2.84. The molecule has 0 radical (unpaired) electrons. The minimum Gasteiger partial charge on any atom is -0.491 e. The number of aryl methyl sites for hydroxylation is 1. The van der Waals surface area contributed by atoms with Crippen LogP contribution in [-0.2, 0) is 11.2 Å². The molecule has 2 atom stereocenters. The summed E-state index contributed by atoms with van der Waals surface area (Å²) >= 11 is 0. The van der Waals surface area contributed by atoms with Crippen molar-refractivity contribution in [2.45, 2.75) is 51.6 Å². The van der Waals surface area contributed by atoms with Crippen molar-refractivity contribution in [3.8, 4) is 16.9 Å². The normalized spacial score (nSPS) is 18.2. The van der Waals surface area contributed by atoms with Gasteiger partial charge >= 0.3 is 0 Å². The summed E-state index contributed by atoms with van der Waals surface area (Å²) in [5.74, 6) is -4.91. The fraction of sp³-hybridized carbons (Fsp3) is 0.357. The van der Waals surface area contributed by atoms with E-state index in [4.69, 9.17) is 9.47 Å². The number of halogens is 4. The Morgan fingerprint density at radius 3 is 2.09 bits per heavy atom. The van der Waals surface area contributed by atoms with Crippen molar-refractivity contribution in [2.24, 2.45) is 0 Å². The van der Waals surface area contributed by atoms with E-state index in [-0.39, 0.29) is 35.0 Å². The van der Waals surface area contributed by atoms with Crippen molar-refractivity contribution in [2.75, 3.05) is 13.2 Å². The third-order valence-corrected chi connectivity index (χ3v) is 6.36. The Kier molecular flexibility index (Phi) is 7.57. The van der Waals surface area contributed by atoms with Gasteiger partial charge in [-0.3, -0.25) is 0 Å². The zero-order valence-corrected chi connectivity index (χ0v) is 19.3. The van der Waals surface area contributed by atoms with E-state index in [1.807, 2.05) is 0 Å². The zero-order chi connectivity index (χ0) is 24.2. The van der Waals surface area contributed by atoms with Crippen molar-refractivity contribution in [3.63, 3.8) is 0 Å². The van der Waals surface area contributed by atoms with Crippen LogP contribution in [0.3, 0.4) is 0 Å². The molecule has 0 saturated carbocycles. The molecule has 0 aliphatic carbocycles. The second-order valence-electron chi connectivity index (χ2n) is 8.59. The summed E-state index contributed by atoms with van der Waals surface area (Å²) in [5, 5.41) is 0. The second-order valence-corrected chi connectivity index (χ2v) is 8.59. The van der Waals surface area contributed by atoms with Crippen LogP contribution in [0.15, 0.2) is 48.5 Å². The lowest BCUT2D eigenvalue weighted by atomic mass is 9.88. The molecule has 3 aromatic rings. The van der Waals surface area contributed by atoms with Gasteiger partial charge < -0.3 is 9.47 Å². The lowest BCUT2D eigenvalue weighted by molar-refractivity contribution is 0.0000955. The van der Waals surface area contributed by atoms with Crippen LogP contribution in [0.5, 0.6) is 5.75 Å². The van der Waals surface area contributed by atoms with Crippen LogP contribution in [0.2, 0.25) is 0 Å². The molecule has 0 bridgehead atoms. The molecule has 1 heterocycles. The molecule has 0 N–H and O–H groups in total. The maximum Gasteiger partial charge on any atom is 0.201 e. The number of hydrogen-bond acceptors (Lipinski definition) is 2. The molecule has 6 heteroatoms. The third kappa shape index (κ3) is 4.83. The van der Waals surface area contributed by atoms with Gasteiger partial charge in [0.1, 0.15) is 0 Å². The molecule has 180 valence electrons. The van der Waals surface area contributed by atoms with Crippen LogP contribution < -0.4 is 4.74 Å². The van der Waals surface area contributed by atoms with Gasteiger partial charge in [0.15, 0.2) is 23.2 Å². The SMILES string of the molecule is CCCc1ccc(C2CCC(c3ccc(-c4ccc(OCC)c(F)c4F)c(F)c3F)OC2)cc1. The van der Waals surface area contributed by atoms with Crippen LogP contribution in [0.4, 0.5) is 17.6 Å². The quantitative estimate of drug-likeness (QED) is 0.326. The van der Waals surface area contributed by atoms with Gasteiger partial charge in [0, 0.05) is 22.6 Å². The van der Waals surface area contributed by atoms with Gasteiger partial charge in [0.05, 0.1) is 19.3 Å². The first-order valence-electron chi connectivity index (χ1n) is 11.7. The van der Waals surface area contributed by atoms with Gasteiger partial charge in [0.25, 0.3) is 0 Å². The van der Waals surface area contributed by atoms with E-state index >= 15 is 4.39 Å². The molecule has 2 nitrogen and oxygen atoms in total. The molecule has 1 aliphatic heterocycles. The lowest BCUT2D eigenvalue weighted by Gasteiger charge is -2.30. The Morgan fingerprint density at radius 2 is 1.47 bits per heavy atom. The van der Waals surface area contributed by atoms with Crippen LogP contribution in [0.1, 0.15) is 61.8 Å². The highest BCUT2D eigenvalue weighted by Crippen LogP contribution is 2.39. The molecular weight excluding hydrogens is 444 g/mol. The van der Waals surface area contributed by atoms with E-state index in [0.29, 0.717) is 13.0 Å². The van der Waals surface area contributed by atoms with E-state index < -0.39 is 29.4 Å². The summed E-state index contributed by atoms with van der Waals surface area (Å²) in [7, 11) is 0. The first-order chi connectivity index (χ1) is 16.4. The Hall–Kier alpha value is -2.86. The molecule has 4 rings (SSSR count). The van der Waals surface area contributed by atoms with E-state index in [2.05, 4.69) is 31.2 Å². The number of rotatable bonds is 7. The highest BCUT2D eigenvalue weighted by Gasteiger charge is 2.29. The van der Waals surface area contributed by atoms with Crippen molar-refractivity contribution >= 4 is 0 Å². The van der Waals surface area contributed by atoms with Crippen LogP contribution in [-0.4, -0.2) is 13.2 Å². The highest BCUT2D eigenvalue weighted by molar-refractivity contribution is 5.66. The van der Waals surface area contributed by atoms with Gasteiger partial charge in [-0.2, -0.15) is 4.39 Å². The largest absolute Gasteiger partial charge is 0.491 e. The third-order valence-electron chi connectivity index (χ3n) is 6.36. The van der Waals surface area contributed by atoms with E-state index in [1.165, 1.54) is 35.4 Å². The smallest absolute Gasteiger partial charge is 0.201 e. The summed E-state index contributed by atoms with van der Waals surface area (Å²) in [6, 6.07) is 13.5. The average molecular weight is 473 g/mol. The number of hydrogen-bond donors (Lipinski definition) is 0. The number of benzene rings is 3. The maximum absolute atomic E-state index is 15.0. The van der Waals surface area contributed by atoms with Gasteiger partial charge in [-0.25, -0.2) is 13.2 Å². The van der Waals surface area contributed by atoms with Crippen molar-refractivity contribution in [1.29, 1.82) is 0 Å². The molecule has 1 saturated heterocycles. The highest BCUT2D eigenvalue weighted by atomic mass is 19.2. The van der Waals surface area contributed by atoms with Crippen molar-refractivity contribution in [1.82, 2.24) is 0 Å². The molecular formula is C28H28F4O2. The van der Waals surface area contributed by atoms with Gasteiger partial charge in [0.2, 0.25) is 5.82 Å². The van der Waals surface area contributed by atoms with Gasteiger partial charge in [-0.05, 0) is 49.4 Å². The minimum atomic E-state index is -1.28. The fourth-order valence-corrected chi connectivity index (χ4v) is 4.53. The molecule has 3 aromatic carbocycles. The molecule has 1 aliphatic rings. The average Bonchev–Trinajstić information content (AvgIpc) is 2.85. The fourth-order valence-electron chi connectivity index (χ4n) is 4.53. The van der Waals surface area contributed by atoms with Crippen LogP contribution in [0.25, 0.3) is 11.1 Å². The second kappa shape index (κ2) is 10.6. The summed E-state index contributed by atoms with van der Waals surface area (Å²) in [4.78, 5) is 0.